The van der Waals surface area contributed by atoms with Gasteiger partial charge in [-0.1, -0.05) is 71.4 Å². The molecule has 1 heterocycles. The van der Waals surface area contributed by atoms with Gasteiger partial charge in [-0.25, -0.2) is 9.18 Å². The van der Waals surface area contributed by atoms with E-state index < -0.39 is 24.0 Å². The van der Waals surface area contributed by atoms with Crippen molar-refractivity contribution >= 4 is 29.4 Å². The predicted octanol–water partition coefficient (Wildman–Crippen LogP) is 7.05. The van der Waals surface area contributed by atoms with Crippen LogP contribution in [0.25, 0.3) is 22.4 Å². The van der Waals surface area contributed by atoms with E-state index in [2.05, 4.69) is 10.5 Å². The van der Waals surface area contributed by atoms with E-state index in [0.717, 1.165) is 0 Å². The highest BCUT2D eigenvalue weighted by molar-refractivity contribution is 6.31. The Hall–Kier alpha value is -4.17. The number of nitrogens with one attached hydrogen (secondary N) is 1. The van der Waals surface area contributed by atoms with Crippen molar-refractivity contribution in [3.63, 3.8) is 0 Å². The van der Waals surface area contributed by atoms with Crippen molar-refractivity contribution in [2.45, 2.75) is 26.4 Å². The van der Waals surface area contributed by atoms with Crippen LogP contribution in [-0.2, 0) is 16.0 Å². The maximum Gasteiger partial charge on any atom is 0.412 e. The molecule has 0 fully saturated rings. The Kier molecular flexibility index (Phi) is 7.36. The van der Waals surface area contributed by atoms with Gasteiger partial charge in [0.1, 0.15) is 23.3 Å². The van der Waals surface area contributed by atoms with Crippen LogP contribution in [0.5, 0.6) is 0 Å². The molecule has 0 spiro atoms. The molecule has 0 aliphatic heterocycles. The normalized spacial score (nSPS) is 11.7. The van der Waals surface area contributed by atoms with E-state index >= 15 is 4.39 Å². The number of benzene rings is 3. The number of ether oxygens (including phenoxy) is 1. The zero-order valence-corrected chi connectivity index (χ0v) is 20.2. The van der Waals surface area contributed by atoms with E-state index in [-0.39, 0.29) is 17.8 Å². The molecule has 0 bridgehead atoms. The number of anilines is 1. The number of rotatable bonds is 7. The number of carboxylic acids is 1. The van der Waals surface area contributed by atoms with Crippen LogP contribution in [0.3, 0.4) is 0 Å². The van der Waals surface area contributed by atoms with E-state index in [1.165, 1.54) is 6.07 Å². The van der Waals surface area contributed by atoms with E-state index in [1.807, 2.05) is 0 Å². The van der Waals surface area contributed by atoms with Gasteiger partial charge in [0.25, 0.3) is 0 Å². The number of amides is 1. The van der Waals surface area contributed by atoms with Crippen molar-refractivity contribution in [3.05, 3.63) is 94.5 Å². The van der Waals surface area contributed by atoms with Gasteiger partial charge in [-0.3, -0.25) is 10.1 Å². The Morgan fingerprint density at radius 1 is 1.11 bits per heavy atom. The Bertz CT molecular complexity index is 1420. The Balaban J connectivity index is 1.53. The molecule has 4 aromatic rings. The molecule has 1 aromatic heterocycles. The minimum absolute atomic E-state index is 0.109. The van der Waals surface area contributed by atoms with Gasteiger partial charge in [-0.15, -0.1) is 0 Å². The molecule has 4 rings (SSSR count). The SMILES string of the molecule is Cc1onc(-c2ccc(-c3ccc(CC(=O)O)cc3)c(F)c2)c1NC(=O)O[C@H](C)c1ccccc1Cl. The average molecular weight is 509 g/mol. The maximum absolute atomic E-state index is 15.1. The van der Waals surface area contributed by atoms with Crippen molar-refractivity contribution in [1.29, 1.82) is 0 Å². The Labute approximate surface area is 211 Å². The fraction of sp³-hybridized carbons (Fsp3) is 0.148. The number of aliphatic carboxylic acids is 1. The zero-order chi connectivity index (χ0) is 25.8. The molecule has 7 nitrogen and oxygen atoms in total. The van der Waals surface area contributed by atoms with E-state index in [0.29, 0.717) is 38.6 Å². The molecular weight excluding hydrogens is 487 g/mol. The number of halogens is 2. The van der Waals surface area contributed by atoms with Crippen LogP contribution in [0.4, 0.5) is 14.9 Å². The smallest absolute Gasteiger partial charge is 0.412 e. The largest absolute Gasteiger partial charge is 0.481 e. The molecule has 0 unspecified atom stereocenters. The summed E-state index contributed by atoms with van der Waals surface area (Å²) in [4.78, 5) is 23.4. The van der Waals surface area contributed by atoms with Gasteiger partial charge in [0.2, 0.25) is 0 Å². The van der Waals surface area contributed by atoms with Crippen LogP contribution in [0.15, 0.2) is 71.3 Å². The molecule has 2 N–H and O–H groups in total. The van der Waals surface area contributed by atoms with Crippen LogP contribution in [0, 0.1) is 12.7 Å². The van der Waals surface area contributed by atoms with Crippen LogP contribution in [0.2, 0.25) is 5.02 Å². The van der Waals surface area contributed by atoms with Crippen molar-refractivity contribution in [2.24, 2.45) is 0 Å². The minimum atomic E-state index is -0.937. The van der Waals surface area contributed by atoms with Gasteiger partial charge in [-0.05, 0) is 37.1 Å². The number of carbonyl (C=O) groups excluding carboxylic acids is 1. The summed E-state index contributed by atoms with van der Waals surface area (Å²) in [6, 6.07) is 18.2. The van der Waals surface area contributed by atoms with Gasteiger partial charge in [0, 0.05) is 21.7 Å². The summed E-state index contributed by atoms with van der Waals surface area (Å²) in [6.45, 7) is 3.32. The number of aryl methyl sites for hydroxylation is 1. The fourth-order valence-electron chi connectivity index (χ4n) is 3.75. The molecule has 0 saturated heterocycles. The first-order valence-corrected chi connectivity index (χ1v) is 11.4. The number of hydrogen-bond acceptors (Lipinski definition) is 5. The van der Waals surface area contributed by atoms with Gasteiger partial charge < -0.3 is 14.4 Å². The average Bonchev–Trinajstić information content (AvgIpc) is 3.19. The quantitative estimate of drug-likeness (QED) is 0.277. The topological polar surface area (TPSA) is 102 Å². The monoisotopic (exact) mass is 508 g/mol. The van der Waals surface area contributed by atoms with Gasteiger partial charge in [0.05, 0.1) is 6.42 Å². The van der Waals surface area contributed by atoms with Crippen LogP contribution >= 0.6 is 11.6 Å². The standard InChI is InChI=1S/C27H22ClFN2O5/c1-15(20-5-3-4-6-22(20)28)35-27(34)30-25-16(2)36-31-26(25)19-11-12-21(23(29)14-19)18-9-7-17(8-10-18)13-24(32)33/h3-12,14-15H,13H2,1-2H3,(H,30,34)(H,32,33)/t15-/m1/s1. The van der Waals surface area contributed by atoms with E-state index in [4.69, 9.17) is 26.0 Å². The lowest BCUT2D eigenvalue weighted by Crippen LogP contribution is -2.17. The van der Waals surface area contributed by atoms with Gasteiger partial charge in [-0.2, -0.15) is 0 Å². The van der Waals surface area contributed by atoms with Crippen molar-refractivity contribution < 1.29 is 28.3 Å². The number of nitrogens with zero attached hydrogens (tertiary/aromatic N) is 1. The van der Waals surface area contributed by atoms with Crippen molar-refractivity contribution in [2.75, 3.05) is 5.32 Å². The molecule has 0 aliphatic rings. The second-order valence-electron chi connectivity index (χ2n) is 8.12. The number of carboxylic acid groups (broad SMARTS) is 1. The highest BCUT2D eigenvalue weighted by Crippen LogP contribution is 2.34. The first-order chi connectivity index (χ1) is 17.2. The Morgan fingerprint density at radius 2 is 1.81 bits per heavy atom. The first kappa shape index (κ1) is 24.9. The number of carbonyl (C=O) groups is 2. The molecule has 0 radical (unpaired) electrons. The molecule has 3 aromatic carbocycles. The highest BCUT2D eigenvalue weighted by Gasteiger charge is 2.21. The summed E-state index contributed by atoms with van der Waals surface area (Å²) < 4.78 is 25.8. The lowest BCUT2D eigenvalue weighted by atomic mass is 10.00. The van der Waals surface area contributed by atoms with Crippen LogP contribution in [0.1, 0.15) is 29.9 Å². The second-order valence-corrected chi connectivity index (χ2v) is 8.53. The number of hydrogen-bond donors (Lipinski definition) is 2. The van der Waals surface area contributed by atoms with E-state index in [1.54, 1.807) is 74.5 Å². The number of aromatic nitrogens is 1. The maximum atomic E-state index is 15.1. The van der Waals surface area contributed by atoms with Crippen LogP contribution in [-0.4, -0.2) is 22.3 Å². The van der Waals surface area contributed by atoms with Crippen molar-refractivity contribution in [3.8, 4) is 22.4 Å². The molecule has 9 heteroatoms. The predicted molar refractivity (Wildman–Crippen MR) is 133 cm³/mol. The molecule has 36 heavy (non-hydrogen) atoms. The molecule has 1 atom stereocenters. The minimum Gasteiger partial charge on any atom is -0.481 e. The first-order valence-electron chi connectivity index (χ1n) is 11.0. The van der Waals surface area contributed by atoms with E-state index in [9.17, 15) is 9.59 Å². The highest BCUT2D eigenvalue weighted by atomic mass is 35.5. The molecular formula is C27H22ClFN2O5. The summed E-state index contributed by atoms with van der Waals surface area (Å²) in [7, 11) is 0. The zero-order valence-electron chi connectivity index (χ0n) is 19.4. The van der Waals surface area contributed by atoms with Crippen molar-refractivity contribution in [1.82, 2.24) is 5.16 Å². The lowest BCUT2D eigenvalue weighted by Gasteiger charge is -2.15. The van der Waals surface area contributed by atoms with Gasteiger partial charge in [0.15, 0.2) is 5.76 Å². The molecule has 0 aliphatic carbocycles. The van der Waals surface area contributed by atoms with Crippen LogP contribution < -0.4 is 5.32 Å². The summed E-state index contributed by atoms with van der Waals surface area (Å²) >= 11 is 6.18. The fourth-order valence-corrected chi connectivity index (χ4v) is 4.04. The Morgan fingerprint density at radius 3 is 2.47 bits per heavy atom. The van der Waals surface area contributed by atoms with Gasteiger partial charge >= 0.3 is 12.1 Å². The second kappa shape index (κ2) is 10.6. The summed E-state index contributed by atoms with van der Waals surface area (Å²) in [5, 5.41) is 16.0. The third-order valence-corrected chi connectivity index (χ3v) is 5.92. The molecule has 184 valence electrons. The third-order valence-electron chi connectivity index (χ3n) is 5.58. The summed E-state index contributed by atoms with van der Waals surface area (Å²) in [5.41, 5.74) is 3.11. The summed E-state index contributed by atoms with van der Waals surface area (Å²) in [5.74, 6) is -1.13. The lowest BCUT2D eigenvalue weighted by molar-refractivity contribution is -0.136. The molecule has 1 amide bonds. The summed E-state index contributed by atoms with van der Waals surface area (Å²) in [6.07, 6.45) is -1.46. The molecule has 0 saturated carbocycles. The third kappa shape index (κ3) is 5.55.